The molecule has 2 heterocycles. The van der Waals surface area contributed by atoms with Gasteiger partial charge in [0.2, 0.25) is 0 Å². The lowest BCUT2D eigenvalue weighted by Gasteiger charge is -2.24. The molecule has 1 aliphatic rings. The third kappa shape index (κ3) is 2.74. The van der Waals surface area contributed by atoms with Gasteiger partial charge in [-0.3, -0.25) is 4.79 Å². The number of carbonyl (C=O) groups is 1. The molecular weight excluding hydrogens is 218 g/mol. The van der Waals surface area contributed by atoms with Crippen molar-refractivity contribution < 1.29 is 9.53 Å². The summed E-state index contributed by atoms with van der Waals surface area (Å²) in [5, 5.41) is 3.14. The number of primary amides is 1. The van der Waals surface area contributed by atoms with E-state index in [-0.39, 0.29) is 5.60 Å². The molecule has 0 saturated carbocycles. The Kier molecular flexibility index (Phi) is 3.28. The molecule has 2 rings (SSSR count). The summed E-state index contributed by atoms with van der Waals surface area (Å²) in [6.45, 7) is 3.48. The number of nitrogens with two attached hydrogens (primary N) is 1. The molecular formula is C12H17N3O2. The summed E-state index contributed by atoms with van der Waals surface area (Å²) in [7, 11) is 0. The monoisotopic (exact) mass is 235 g/mol. The molecule has 92 valence electrons. The molecule has 0 bridgehead atoms. The van der Waals surface area contributed by atoms with Crippen molar-refractivity contribution >= 4 is 11.7 Å². The van der Waals surface area contributed by atoms with Crippen molar-refractivity contribution in [2.45, 2.75) is 25.4 Å². The summed E-state index contributed by atoms with van der Waals surface area (Å²) in [6, 6.07) is 3.36. The van der Waals surface area contributed by atoms with Crippen LogP contribution >= 0.6 is 0 Å². The zero-order valence-electron chi connectivity index (χ0n) is 9.90. The van der Waals surface area contributed by atoms with Gasteiger partial charge in [-0.15, -0.1) is 0 Å². The largest absolute Gasteiger partial charge is 0.373 e. The first-order chi connectivity index (χ1) is 8.11. The van der Waals surface area contributed by atoms with Crippen LogP contribution in [0.25, 0.3) is 0 Å². The smallest absolute Gasteiger partial charge is 0.252 e. The summed E-state index contributed by atoms with van der Waals surface area (Å²) in [4.78, 5) is 15.3. The molecule has 0 aromatic carbocycles. The van der Waals surface area contributed by atoms with Crippen LogP contribution in [0.5, 0.6) is 0 Å². The number of aromatic nitrogens is 1. The van der Waals surface area contributed by atoms with E-state index in [2.05, 4.69) is 17.2 Å². The van der Waals surface area contributed by atoms with Crippen molar-refractivity contribution in [3.05, 3.63) is 23.9 Å². The average molecular weight is 235 g/mol. The number of nitrogens with zero attached hydrogens (tertiary/aromatic N) is 1. The van der Waals surface area contributed by atoms with Crippen molar-refractivity contribution in [2.24, 2.45) is 5.73 Å². The van der Waals surface area contributed by atoms with E-state index in [4.69, 9.17) is 10.5 Å². The first-order valence-electron chi connectivity index (χ1n) is 5.73. The molecule has 1 fully saturated rings. The Hall–Kier alpha value is -1.62. The fraction of sp³-hybridized carbons (Fsp3) is 0.500. The summed E-state index contributed by atoms with van der Waals surface area (Å²) in [5.74, 6) is 0.0508. The highest BCUT2D eigenvalue weighted by Gasteiger charge is 2.29. The number of nitrogens with one attached hydrogen (secondary N) is 1. The number of carbonyl (C=O) groups excluding carboxylic acids is 1. The maximum atomic E-state index is 11.2. The van der Waals surface area contributed by atoms with E-state index < -0.39 is 5.91 Å². The van der Waals surface area contributed by atoms with Gasteiger partial charge in [-0.05, 0) is 31.9 Å². The zero-order chi connectivity index (χ0) is 12.3. The molecule has 1 aromatic heterocycles. The molecule has 1 atom stereocenters. The van der Waals surface area contributed by atoms with E-state index in [0.29, 0.717) is 17.9 Å². The molecule has 0 radical (unpaired) electrons. The van der Waals surface area contributed by atoms with Crippen molar-refractivity contribution in [3.63, 3.8) is 0 Å². The molecule has 1 unspecified atom stereocenters. The lowest BCUT2D eigenvalue weighted by Crippen LogP contribution is -2.33. The SMILES string of the molecule is CC1(CNc2ncccc2C(N)=O)CCCO1. The van der Waals surface area contributed by atoms with Gasteiger partial charge in [0.25, 0.3) is 5.91 Å². The van der Waals surface area contributed by atoms with E-state index >= 15 is 0 Å². The molecule has 5 nitrogen and oxygen atoms in total. The van der Waals surface area contributed by atoms with Gasteiger partial charge in [0.15, 0.2) is 0 Å². The third-order valence-corrected chi connectivity index (χ3v) is 3.00. The highest BCUT2D eigenvalue weighted by Crippen LogP contribution is 2.25. The van der Waals surface area contributed by atoms with Crippen LogP contribution in [0.2, 0.25) is 0 Å². The summed E-state index contributed by atoms with van der Waals surface area (Å²) < 4.78 is 5.66. The maximum absolute atomic E-state index is 11.2. The first-order valence-corrected chi connectivity index (χ1v) is 5.73. The lowest BCUT2D eigenvalue weighted by atomic mass is 10.0. The second kappa shape index (κ2) is 4.71. The third-order valence-electron chi connectivity index (χ3n) is 3.00. The van der Waals surface area contributed by atoms with Crippen LogP contribution in [0.4, 0.5) is 5.82 Å². The number of ether oxygens (including phenoxy) is 1. The van der Waals surface area contributed by atoms with Crippen molar-refractivity contribution in [2.75, 3.05) is 18.5 Å². The summed E-state index contributed by atoms with van der Waals surface area (Å²) >= 11 is 0. The first kappa shape index (κ1) is 11.9. The summed E-state index contributed by atoms with van der Waals surface area (Å²) in [5.41, 5.74) is 5.52. The van der Waals surface area contributed by atoms with Gasteiger partial charge in [-0.2, -0.15) is 0 Å². The summed E-state index contributed by atoms with van der Waals surface area (Å²) in [6.07, 6.45) is 3.72. The van der Waals surface area contributed by atoms with Gasteiger partial charge in [0.1, 0.15) is 5.82 Å². The van der Waals surface area contributed by atoms with Crippen LogP contribution in [0.15, 0.2) is 18.3 Å². The van der Waals surface area contributed by atoms with Gasteiger partial charge in [0.05, 0.1) is 11.2 Å². The minimum absolute atomic E-state index is 0.174. The van der Waals surface area contributed by atoms with Gasteiger partial charge < -0.3 is 15.8 Å². The van der Waals surface area contributed by atoms with E-state index in [1.54, 1.807) is 18.3 Å². The minimum Gasteiger partial charge on any atom is -0.373 e. The number of rotatable bonds is 4. The Morgan fingerprint density at radius 1 is 1.71 bits per heavy atom. The number of anilines is 1. The topological polar surface area (TPSA) is 77.2 Å². The molecule has 17 heavy (non-hydrogen) atoms. The van der Waals surface area contributed by atoms with Gasteiger partial charge >= 0.3 is 0 Å². The van der Waals surface area contributed by atoms with Crippen LogP contribution in [0.3, 0.4) is 0 Å². The Morgan fingerprint density at radius 2 is 2.53 bits per heavy atom. The zero-order valence-corrected chi connectivity index (χ0v) is 9.90. The second-order valence-electron chi connectivity index (χ2n) is 4.52. The molecule has 0 aliphatic carbocycles. The predicted molar refractivity (Wildman–Crippen MR) is 64.8 cm³/mol. The van der Waals surface area contributed by atoms with Crippen molar-refractivity contribution in [3.8, 4) is 0 Å². The van der Waals surface area contributed by atoms with Crippen LogP contribution in [-0.2, 0) is 4.74 Å². The normalized spacial score (nSPS) is 23.6. The van der Waals surface area contributed by atoms with E-state index in [1.165, 1.54) is 0 Å². The minimum atomic E-state index is -0.474. The molecule has 1 aromatic rings. The fourth-order valence-electron chi connectivity index (χ4n) is 1.99. The Bertz CT molecular complexity index is 414. The predicted octanol–water partition coefficient (Wildman–Crippen LogP) is 1.16. The highest BCUT2D eigenvalue weighted by atomic mass is 16.5. The Balaban J connectivity index is 2.06. The molecule has 0 spiro atoms. The number of amides is 1. The van der Waals surface area contributed by atoms with E-state index in [9.17, 15) is 4.79 Å². The molecule has 3 N–H and O–H groups in total. The molecule has 1 aliphatic heterocycles. The quantitative estimate of drug-likeness (QED) is 0.821. The van der Waals surface area contributed by atoms with Crippen LogP contribution in [0.1, 0.15) is 30.1 Å². The highest BCUT2D eigenvalue weighted by molar-refractivity contribution is 5.97. The van der Waals surface area contributed by atoms with E-state index in [1.807, 2.05) is 0 Å². The van der Waals surface area contributed by atoms with Crippen molar-refractivity contribution in [1.82, 2.24) is 4.98 Å². The Morgan fingerprint density at radius 3 is 3.18 bits per heavy atom. The molecule has 1 saturated heterocycles. The fourth-order valence-corrected chi connectivity index (χ4v) is 1.99. The number of hydrogen-bond acceptors (Lipinski definition) is 4. The van der Waals surface area contributed by atoms with Crippen LogP contribution < -0.4 is 11.1 Å². The molecule has 5 heteroatoms. The van der Waals surface area contributed by atoms with Gasteiger partial charge in [-0.25, -0.2) is 4.98 Å². The number of pyridine rings is 1. The standard InChI is InChI=1S/C12H17N3O2/c1-12(5-3-7-17-12)8-15-11-9(10(13)16)4-2-6-14-11/h2,4,6H,3,5,7-8H2,1H3,(H2,13,16)(H,14,15). The maximum Gasteiger partial charge on any atom is 0.252 e. The van der Waals surface area contributed by atoms with Gasteiger partial charge in [0, 0.05) is 19.3 Å². The van der Waals surface area contributed by atoms with Crippen LogP contribution in [-0.4, -0.2) is 29.6 Å². The number of hydrogen-bond donors (Lipinski definition) is 2. The van der Waals surface area contributed by atoms with Crippen LogP contribution in [0, 0.1) is 0 Å². The second-order valence-corrected chi connectivity index (χ2v) is 4.52. The Labute approximate surface area is 100 Å². The van der Waals surface area contributed by atoms with Gasteiger partial charge in [-0.1, -0.05) is 0 Å². The van der Waals surface area contributed by atoms with E-state index in [0.717, 1.165) is 19.4 Å². The lowest BCUT2D eigenvalue weighted by molar-refractivity contribution is 0.0314. The average Bonchev–Trinajstić information content (AvgIpc) is 2.74. The molecule has 1 amide bonds. The van der Waals surface area contributed by atoms with Crippen molar-refractivity contribution in [1.29, 1.82) is 0 Å².